The molecule has 0 radical (unpaired) electrons. The topological polar surface area (TPSA) is 153 Å². The molecule has 3 amide bonds. The van der Waals surface area contributed by atoms with Crippen molar-refractivity contribution in [2.45, 2.75) is 71.3 Å². The summed E-state index contributed by atoms with van der Waals surface area (Å²) in [6.45, 7) is 3.06. The van der Waals surface area contributed by atoms with Crippen LogP contribution < -0.4 is 16.2 Å². The number of nitrogens with zero attached hydrogens (tertiary/aromatic N) is 6. The van der Waals surface area contributed by atoms with Gasteiger partial charge in [-0.25, -0.2) is 22.6 Å². The fraction of sp³-hybridized carbons (Fsp3) is 0.500. The van der Waals surface area contributed by atoms with Crippen LogP contribution in [0, 0.1) is 11.7 Å². The van der Waals surface area contributed by atoms with E-state index in [9.17, 15) is 36.7 Å². The lowest BCUT2D eigenvalue weighted by molar-refractivity contribution is -0.117. The first-order chi connectivity index (χ1) is 22.3. The average molecular weight is 665 g/mol. The van der Waals surface area contributed by atoms with Crippen LogP contribution in [0.3, 0.4) is 0 Å². The number of carbonyl (C=O) groups excluding carboxylic acids is 3. The van der Waals surface area contributed by atoms with E-state index in [1.54, 1.807) is 11.8 Å². The largest absolute Gasteiger partial charge is 0.450 e. The van der Waals surface area contributed by atoms with Crippen molar-refractivity contribution in [3.05, 3.63) is 69.9 Å². The lowest BCUT2D eigenvalue weighted by Gasteiger charge is -2.30. The second-order valence-electron chi connectivity index (χ2n) is 11.3. The molecule has 3 aromatic rings. The minimum absolute atomic E-state index is 0.0136. The van der Waals surface area contributed by atoms with Crippen LogP contribution in [0.5, 0.6) is 0 Å². The van der Waals surface area contributed by atoms with Gasteiger partial charge in [0.15, 0.2) is 5.69 Å². The van der Waals surface area contributed by atoms with Crippen LogP contribution in [0.15, 0.2) is 41.7 Å². The molecule has 4 heterocycles. The van der Waals surface area contributed by atoms with Crippen molar-refractivity contribution >= 4 is 23.6 Å². The molecule has 1 aliphatic rings. The van der Waals surface area contributed by atoms with Crippen LogP contribution in [-0.4, -0.2) is 73.2 Å². The number of alkyl halides is 3. The Morgan fingerprint density at radius 1 is 1.19 bits per heavy atom. The zero-order chi connectivity index (χ0) is 34.1. The normalized spacial score (nSPS) is 14.5. The zero-order valence-electron chi connectivity index (χ0n) is 25.9. The number of hydrogen-bond donors (Lipinski definition) is 2. The van der Waals surface area contributed by atoms with Gasteiger partial charge >= 0.3 is 6.09 Å². The van der Waals surface area contributed by atoms with Crippen molar-refractivity contribution in [1.29, 1.82) is 0 Å². The molecule has 13 nitrogen and oxygen atoms in total. The number of rotatable bonds is 13. The number of aryl methyl sites for hydroxylation is 1. The molecule has 1 aliphatic heterocycles. The summed E-state index contributed by atoms with van der Waals surface area (Å²) in [6.07, 6.45) is 3.99. The highest BCUT2D eigenvalue weighted by Crippen LogP contribution is 2.26. The maximum Gasteiger partial charge on any atom is 0.409 e. The molecule has 1 unspecified atom stereocenters. The molecule has 3 aromatic heterocycles. The van der Waals surface area contributed by atoms with E-state index in [1.807, 2.05) is 0 Å². The Hall–Kier alpha value is -4.83. The molecular formula is C30H36F4N8O5. The molecular weight excluding hydrogens is 628 g/mol. The summed E-state index contributed by atoms with van der Waals surface area (Å²) in [5.41, 5.74) is -1.38. The van der Waals surface area contributed by atoms with Crippen molar-refractivity contribution < 1.29 is 36.7 Å². The molecule has 0 bridgehead atoms. The van der Waals surface area contributed by atoms with E-state index >= 15 is 0 Å². The molecule has 0 saturated carbocycles. The second-order valence-corrected chi connectivity index (χ2v) is 11.3. The highest BCUT2D eigenvalue weighted by atomic mass is 19.3. The van der Waals surface area contributed by atoms with Gasteiger partial charge in [0, 0.05) is 63.7 Å². The Labute approximate surface area is 267 Å². The van der Waals surface area contributed by atoms with Gasteiger partial charge in [-0.15, -0.1) is 5.10 Å². The Morgan fingerprint density at radius 2 is 1.94 bits per heavy atom. The standard InChI is InChI=1S/C30H36F4N8O5/c1-3-47-29(46)41-8-4-19(5-9-41)13-25(43)37-23-7-11-40(28(45)26(23)32)10-6-22(31)17-42-18-24(38-39-42)27(44)36-15-20-12-21(16-35-14-20)30(2,33)34/h7,11-12,14,16,18-19,22H,3-6,8-10,13,15,17H2,1-2H3,(H,36,44)(H,37,43). The molecule has 0 aliphatic carbocycles. The van der Waals surface area contributed by atoms with E-state index in [4.69, 9.17) is 4.74 Å². The van der Waals surface area contributed by atoms with Crippen LogP contribution in [0.25, 0.3) is 0 Å². The molecule has 1 fully saturated rings. The van der Waals surface area contributed by atoms with Gasteiger partial charge < -0.3 is 24.8 Å². The van der Waals surface area contributed by atoms with Crippen LogP contribution in [0.2, 0.25) is 0 Å². The molecule has 47 heavy (non-hydrogen) atoms. The van der Waals surface area contributed by atoms with Gasteiger partial charge in [0.25, 0.3) is 17.4 Å². The van der Waals surface area contributed by atoms with Crippen molar-refractivity contribution in [2.75, 3.05) is 25.0 Å². The van der Waals surface area contributed by atoms with Gasteiger partial charge in [-0.05, 0) is 49.8 Å². The van der Waals surface area contributed by atoms with Gasteiger partial charge in [0.05, 0.1) is 25.0 Å². The van der Waals surface area contributed by atoms with Crippen LogP contribution in [-0.2, 0) is 35.1 Å². The third kappa shape index (κ3) is 9.83. The number of likely N-dealkylation sites (tertiary alicyclic amines) is 1. The van der Waals surface area contributed by atoms with Gasteiger partial charge in [-0.2, -0.15) is 4.39 Å². The summed E-state index contributed by atoms with van der Waals surface area (Å²) in [7, 11) is 0. The third-order valence-electron chi connectivity index (χ3n) is 7.59. The highest BCUT2D eigenvalue weighted by Gasteiger charge is 2.26. The van der Waals surface area contributed by atoms with Gasteiger partial charge in [-0.3, -0.25) is 19.4 Å². The molecule has 1 atom stereocenters. The van der Waals surface area contributed by atoms with Crippen molar-refractivity contribution in [2.24, 2.45) is 5.92 Å². The summed E-state index contributed by atoms with van der Waals surface area (Å²) in [6, 6.07) is 2.45. The predicted octanol–water partition coefficient (Wildman–Crippen LogP) is 3.64. The SMILES string of the molecule is CCOC(=O)N1CCC(CC(=O)Nc2ccn(CCC(F)Cn3cc(C(=O)NCc4cncc(C(C)(F)F)c4)nn3)c(=O)c2F)CC1. The predicted molar refractivity (Wildman–Crippen MR) is 160 cm³/mol. The molecule has 4 rings (SSSR count). The van der Waals surface area contributed by atoms with E-state index in [0.717, 1.165) is 22.4 Å². The van der Waals surface area contributed by atoms with Crippen LogP contribution >= 0.6 is 0 Å². The lowest BCUT2D eigenvalue weighted by atomic mass is 9.93. The van der Waals surface area contributed by atoms with E-state index < -0.39 is 41.4 Å². The number of amides is 3. The Balaban J connectivity index is 1.22. The van der Waals surface area contributed by atoms with Crippen molar-refractivity contribution in [3.8, 4) is 0 Å². The Morgan fingerprint density at radius 3 is 2.64 bits per heavy atom. The first-order valence-corrected chi connectivity index (χ1v) is 15.1. The van der Waals surface area contributed by atoms with Crippen molar-refractivity contribution in [1.82, 2.24) is 34.8 Å². The summed E-state index contributed by atoms with van der Waals surface area (Å²) in [5.74, 6) is -5.40. The smallest absolute Gasteiger partial charge is 0.409 e. The quantitative estimate of drug-likeness (QED) is 0.263. The molecule has 0 aromatic carbocycles. The number of aromatic nitrogens is 5. The van der Waals surface area contributed by atoms with E-state index in [1.165, 1.54) is 30.7 Å². The van der Waals surface area contributed by atoms with E-state index in [-0.39, 0.29) is 61.9 Å². The van der Waals surface area contributed by atoms with Gasteiger partial charge in [0.1, 0.15) is 6.17 Å². The average Bonchev–Trinajstić information content (AvgIpc) is 3.50. The number of halogens is 4. The molecule has 254 valence electrons. The molecule has 17 heteroatoms. The van der Waals surface area contributed by atoms with E-state index in [0.29, 0.717) is 31.5 Å². The molecule has 0 spiro atoms. The lowest BCUT2D eigenvalue weighted by Crippen LogP contribution is -2.39. The van der Waals surface area contributed by atoms with Crippen LogP contribution in [0.1, 0.15) is 61.1 Å². The summed E-state index contributed by atoms with van der Waals surface area (Å²) in [4.78, 5) is 54.7. The van der Waals surface area contributed by atoms with Gasteiger partial charge in [-0.1, -0.05) is 5.21 Å². The number of piperidine rings is 1. The third-order valence-corrected chi connectivity index (χ3v) is 7.59. The number of anilines is 1. The van der Waals surface area contributed by atoms with Crippen LogP contribution in [0.4, 0.5) is 28.0 Å². The Kier molecular flexibility index (Phi) is 11.7. The maximum atomic E-state index is 14.8. The van der Waals surface area contributed by atoms with Gasteiger partial charge in [0.2, 0.25) is 11.7 Å². The number of ether oxygens (including phenoxy) is 1. The molecule has 2 N–H and O–H groups in total. The number of carbonyl (C=O) groups is 3. The monoisotopic (exact) mass is 664 g/mol. The highest BCUT2D eigenvalue weighted by molar-refractivity contribution is 5.92. The number of nitrogens with one attached hydrogen (secondary N) is 2. The maximum absolute atomic E-state index is 14.8. The van der Waals surface area contributed by atoms with E-state index in [2.05, 4.69) is 25.9 Å². The summed E-state index contributed by atoms with van der Waals surface area (Å²) < 4.78 is 63.7. The number of hydrogen-bond acceptors (Lipinski definition) is 8. The summed E-state index contributed by atoms with van der Waals surface area (Å²) in [5, 5.41) is 12.4. The van der Waals surface area contributed by atoms with Crippen molar-refractivity contribution in [3.63, 3.8) is 0 Å². The first kappa shape index (κ1) is 35.0. The Bertz CT molecular complexity index is 1620. The minimum atomic E-state index is -3.09. The first-order valence-electron chi connectivity index (χ1n) is 15.1. The second kappa shape index (κ2) is 15.6. The number of pyridine rings is 2. The fourth-order valence-electron chi connectivity index (χ4n) is 4.98. The minimum Gasteiger partial charge on any atom is -0.450 e. The fourth-order valence-corrected chi connectivity index (χ4v) is 4.98. The molecule has 1 saturated heterocycles. The summed E-state index contributed by atoms with van der Waals surface area (Å²) >= 11 is 0. The zero-order valence-corrected chi connectivity index (χ0v) is 25.9.